The minimum absolute atomic E-state index is 0.523. The van der Waals surface area contributed by atoms with Crippen LogP contribution in [0.1, 0.15) is 5.56 Å². The zero-order valence-electron chi connectivity index (χ0n) is 7.93. The summed E-state index contributed by atoms with van der Waals surface area (Å²) in [5.41, 5.74) is -0.523. The maximum absolute atomic E-state index is 11.9. The van der Waals surface area contributed by atoms with Gasteiger partial charge in [0.1, 0.15) is 0 Å². The molecule has 1 aromatic rings. The topological polar surface area (TPSA) is 106 Å². The zero-order chi connectivity index (χ0) is 13.2. The Morgan fingerprint density at radius 3 is 2.53 bits per heavy atom. The van der Waals surface area contributed by atoms with Gasteiger partial charge in [0.05, 0.1) is 12.2 Å². The molecule has 0 aliphatic heterocycles. The summed E-state index contributed by atoms with van der Waals surface area (Å²) < 4.78 is 39.1. The van der Waals surface area contributed by atoms with E-state index in [1.165, 1.54) is 0 Å². The van der Waals surface area contributed by atoms with E-state index in [9.17, 15) is 23.3 Å². The average molecular weight is 254 g/mol. The van der Waals surface area contributed by atoms with Crippen molar-refractivity contribution < 1.29 is 33.0 Å². The van der Waals surface area contributed by atoms with E-state index in [-0.39, 0.29) is 0 Å². The van der Waals surface area contributed by atoms with Gasteiger partial charge in [0.25, 0.3) is 0 Å². The van der Waals surface area contributed by atoms with E-state index in [1.807, 2.05) is 0 Å². The largest absolute Gasteiger partial charge is 0.575 e. The second-order valence-corrected chi connectivity index (χ2v) is 2.76. The lowest BCUT2D eigenvalue weighted by Crippen LogP contribution is -2.19. The quantitative estimate of drug-likeness (QED) is 0.617. The molecule has 0 radical (unpaired) electrons. The highest BCUT2D eigenvalue weighted by Gasteiger charge is 2.36. The molecule has 0 aliphatic rings. The third-order valence-corrected chi connectivity index (χ3v) is 1.58. The number of nitro groups is 1. The van der Waals surface area contributed by atoms with E-state index in [0.717, 1.165) is 0 Å². The van der Waals surface area contributed by atoms with Gasteiger partial charge in [-0.3, -0.25) is 0 Å². The fourth-order valence-corrected chi connectivity index (χ4v) is 0.962. The maximum Gasteiger partial charge on any atom is 0.575 e. The monoisotopic (exact) mass is 254 g/mol. The minimum Gasteiger partial charge on any atom is -0.501 e. The molecule has 0 saturated heterocycles. The Kier molecular flexibility index (Phi) is 3.36. The number of ether oxygens (including phenoxy) is 1. The van der Waals surface area contributed by atoms with Gasteiger partial charge in [-0.15, -0.1) is 13.2 Å². The number of halogens is 3. The molecule has 0 atom stereocenters. The molecule has 10 heteroatoms. The normalized spacial score (nSPS) is 11.3. The Hall–Kier alpha value is -2.10. The number of rotatable bonds is 3. The molecule has 2 N–H and O–H groups in total. The first-order valence-electron chi connectivity index (χ1n) is 3.98. The lowest BCUT2D eigenvalue weighted by Gasteiger charge is -2.08. The fourth-order valence-electron chi connectivity index (χ4n) is 0.962. The highest BCUT2D eigenvalue weighted by atomic mass is 19.4. The van der Waals surface area contributed by atoms with Crippen molar-refractivity contribution in [1.82, 2.24) is 4.98 Å². The first kappa shape index (κ1) is 13.0. The molecule has 94 valence electrons. The first-order chi connectivity index (χ1) is 7.74. The minimum atomic E-state index is -5.11. The molecular formula is C7H5F3N2O5. The molecule has 1 aromatic heterocycles. The van der Waals surface area contributed by atoms with E-state index in [1.54, 1.807) is 0 Å². The zero-order valence-corrected chi connectivity index (χ0v) is 7.93. The molecule has 0 spiro atoms. The second kappa shape index (κ2) is 4.41. The molecule has 1 heterocycles. The second-order valence-electron chi connectivity index (χ2n) is 2.76. The van der Waals surface area contributed by atoms with Crippen LogP contribution < -0.4 is 4.74 Å². The summed E-state index contributed by atoms with van der Waals surface area (Å²) in [4.78, 5) is 12.0. The van der Waals surface area contributed by atoms with Crippen molar-refractivity contribution in [3.05, 3.63) is 21.7 Å². The fraction of sp³-hybridized carbons (Fsp3) is 0.286. The van der Waals surface area contributed by atoms with E-state index >= 15 is 0 Å². The van der Waals surface area contributed by atoms with Gasteiger partial charge < -0.3 is 25.1 Å². The van der Waals surface area contributed by atoms with Gasteiger partial charge >= 0.3 is 18.1 Å². The third-order valence-electron chi connectivity index (χ3n) is 1.58. The van der Waals surface area contributed by atoms with Gasteiger partial charge in [-0.05, 0) is 4.92 Å². The standard InChI is InChI=1S/C7H5F3N2O5/c8-7(9,10)17-6-3(2-13)1-4(14)5(11-6)12(15)16/h1,13-14H,2H2. The Morgan fingerprint density at radius 1 is 1.53 bits per heavy atom. The number of aromatic nitrogens is 1. The highest BCUT2D eigenvalue weighted by molar-refractivity contribution is 5.45. The third kappa shape index (κ3) is 3.17. The van der Waals surface area contributed by atoms with Crippen molar-refractivity contribution in [2.24, 2.45) is 0 Å². The number of hydrogen-bond donors (Lipinski definition) is 2. The Labute approximate surface area is 91.2 Å². The van der Waals surface area contributed by atoms with Crippen molar-refractivity contribution in [2.45, 2.75) is 13.0 Å². The molecule has 0 fully saturated rings. The van der Waals surface area contributed by atoms with Gasteiger partial charge in [0, 0.05) is 11.1 Å². The van der Waals surface area contributed by atoms with Crippen LogP contribution >= 0.6 is 0 Å². The summed E-state index contributed by atoms with van der Waals surface area (Å²) in [7, 11) is 0. The summed E-state index contributed by atoms with van der Waals surface area (Å²) in [6.07, 6.45) is -5.11. The van der Waals surface area contributed by atoms with Gasteiger partial charge in [-0.2, -0.15) is 0 Å². The summed E-state index contributed by atoms with van der Waals surface area (Å²) in [5.74, 6) is -3.33. The molecule has 0 aliphatic carbocycles. The molecule has 1 rings (SSSR count). The number of hydrogen-bond acceptors (Lipinski definition) is 6. The molecule has 0 saturated carbocycles. The van der Waals surface area contributed by atoms with E-state index in [4.69, 9.17) is 10.2 Å². The lowest BCUT2D eigenvalue weighted by atomic mass is 10.2. The van der Waals surface area contributed by atoms with Crippen LogP contribution in [0.4, 0.5) is 19.0 Å². The molecule has 0 bridgehead atoms. The van der Waals surface area contributed by atoms with Crippen molar-refractivity contribution in [1.29, 1.82) is 0 Å². The van der Waals surface area contributed by atoms with Gasteiger partial charge in [0.15, 0.2) is 0 Å². The van der Waals surface area contributed by atoms with Crippen molar-refractivity contribution >= 4 is 5.82 Å². The van der Waals surface area contributed by atoms with Gasteiger partial charge in [-0.25, -0.2) is 0 Å². The average Bonchev–Trinajstić information content (AvgIpc) is 2.17. The van der Waals surface area contributed by atoms with Gasteiger partial charge in [-0.1, -0.05) is 0 Å². The van der Waals surface area contributed by atoms with Crippen LogP contribution in [-0.2, 0) is 6.61 Å². The summed E-state index contributed by atoms with van der Waals surface area (Å²) in [6, 6.07) is 0.576. The molecule has 0 unspecified atom stereocenters. The van der Waals surface area contributed by atoms with Crippen LogP contribution in [0.3, 0.4) is 0 Å². The number of pyridine rings is 1. The number of aromatic hydroxyl groups is 1. The highest BCUT2D eigenvalue weighted by Crippen LogP contribution is 2.32. The lowest BCUT2D eigenvalue weighted by molar-refractivity contribution is -0.391. The Morgan fingerprint density at radius 2 is 2.12 bits per heavy atom. The SMILES string of the molecule is O=[N+]([O-])c1nc(OC(F)(F)F)c(CO)cc1O. The summed E-state index contributed by atoms with van der Waals surface area (Å²) >= 11 is 0. The number of alkyl halides is 3. The smallest absolute Gasteiger partial charge is 0.501 e. The van der Waals surface area contributed by atoms with Crippen LogP contribution in [-0.4, -0.2) is 26.5 Å². The van der Waals surface area contributed by atoms with Gasteiger partial charge in [0.2, 0.25) is 5.75 Å². The van der Waals surface area contributed by atoms with E-state index in [2.05, 4.69) is 9.72 Å². The van der Waals surface area contributed by atoms with Crippen molar-refractivity contribution in [3.63, 3.8) is 0 Å². The first-order valence-corrected chi connectivity index (χ1v) is 3.98. The van der Waals surface area contributed by atoms with Crippen LogP contribution in [0, 0.1) is 10.1 Å². The molecule has 7 nitrogen and oxygen atoms in total. The molecule has 0 aromatic carbocycles. The molecular weight excluding hydrogens is 249 g/mol. The number of aliphatic hydroxyl groups is 1. The van der Waals surface area contributed by atoms with Crippen molar-refractivity contribution in [2.75, 3.05) is 0 Å². The molecule has 17 heavy (non-hydrogen) atoms. The molecule has 0 amide bonds. The van der Waals surface area contributed by atoms with Crippen molar-refractivity contribution in [3.8, 4) is 11.6 Å². The number of aliphatic hydroxyl groups excluding tert-OH is 1. The maximum atomic E-state index is 11.9. The number of nitrogens with zero attached hydrogens (tertiary/aromatic N) is 2. The predicted octanol–water partition coefficient (Wildman–Crippen LogP) is 1.09. The van der Waals surface area contributed by atoms with E-state index in [0.29, 0.717) is 6.07 Å². The van der Waals surface area contributed by atoms with E-state index < -0.39 is 40.9 Å². The van der Waals surface area contributed by atoms with Crippen LogP contribution in [0.5, 0.6) is 11.6 Å². The summed E-state index contributed by atoms with van der Waals surface area (Å²) in [5, 5.41) is 28.1. The summed E-state index contributed by atoms with van der Waals surface area (Å²) in [6.45, 7) is -0.927. The van der Waals surface area contributed by atoms with Crippen LogP contribution in [0.25, 0.3) is 0 Å². The van der Waals surface area contributed by atoms with Crippen LogP contribution in [0.2, 0.25) is 0 Å². The Bertz CT molecular complexity index is 448. The van der Waals surface area contributed by atoms with Crippen LogP contribution in [0.15, 0.2) is 6.07 Å². The predicted molar refractivity (Wildman–Crippen MR) is 45.2 cm³/mol. The Balaban J connectivity index is 3.26.